The first-order valence-corrected chi connectivity index (χ1v) is 14.3. The molecule has 1 aliphatic heterocycles. The molecule has 176 valence electrons. The Labute approximate surface area is 206 Å². The molecule has 4 aromatic rings. The quantitative estimate of drug-likeness (QED) is 0.358. The fourth-order valence-electron chi connectivity index (χ4n) is 4.19. The molecule has 1 amide bonds. The van der Waals surface area contributed by atoms with E-state index in [0.29, 0.717) is 24.5 Å². The van der Waals surface area contributed by atoms with E-state index in [2.05, 4.69) is 18.0 Å². The molecule has 1 saturated heterocycles. The maximum atomic E-state index is 13.9. The third-order valence-corrected chi connectivity index (χ3v) is 10.3. The summed E-state index contributed by atoms with van der Waals surface area (Å²) in [6.07, 6.45) is 5.45. The summed E-state index contributed by atoms with van der Waals surface area (Å²) in [6.45, 7) is 2.71. The van der Waals surface area contributed by atoms with Crippen molar-refractivity contribution in [3.05, 3.63) is 71.4 Å². The van der Waals surface area contributed by atoms with Gasteiger partial charge in [-0.1, -0.05) is 36.5 Å². The topological polar surface area (TPSA) is 83.5 Å². The van der Waals surface area contributed by atoms with Crippen LogP contribution in [0.1, 0.15) is 30.9 Å². The van der Waals surface area contributed by atoms with E-state index in [4.69, 9.17) is 4.98 Å². The minimum atomic E-state index is -3.74. The number of rotatable bonds is 7. The van der Waals surface area contributed by atoms with Gasteiger partial charge in [0.25, 0.3) is 10.0 Å². The van der Waals surface area contributed by atoms with Crippen LogP contribution in [0.3, 0.4) is 0 Å². The predicted octanol–water partition coefficient (Wildman–Crippen LogP) is 4.70. The molecule has 0 radical (unpaired) electrons. The van der Waals surface area contributed by atoms with Gasteiger partial charge in [0.2, 0.25) is 5.91 Å². The molecule has 3 aromatic heterocycles. The molecule has 1 aromatic carbocycles. The summed E-state index contributed by atoms with van der Waals surface area (Å²) >= 11 is 2.63. The monoisotopic (exact) mass is 512 g/mol. The maximum Gasteiger partial charge on any atom is 0.253 e. The summed E-state index contributed by atoms with van der Waals surface area (Å²) in [6, 6.07) is 12.4. The van der Waals surface area contributed by atoms with Gasteiger partial charge in [0.15, 0.2) is 5.13 Å². The average Bonchev–Trinajstić information content (AvgIpc) is 3.62. The Morgan fingerprint density at radius 1 is 1.21 bits per heavy atom. The molecule has 1 unspecified atom stereocenters. The lowest BCUT2D eigenvalue weighted by Crippen LogP contribution is -2.47. The van der Waals surface area contributed by atoms with Gasteiger partial charge in [0, 0.05) is 18.9 Å². The summed E-state index contributed by atoms with van der Waals surface area (Å²) < 4.78 is 29.2. The van der Waals surface area contributed by atoms with Gasteiger partial charge in [-0.05, 0) is 60.0 Å². The summed E-state index contributed by atoms with van der Waals surface area (Å²) in [5.74, 6) is -0.253. The third-order valence-electron chi connectivity index (χ3n) is 5.96. The highest BCUT2D eigenvalue weighted by Gasteiger charge is 2.42. The van der Waals surface area contributed by atoms with E-state index in [1.165, 1.54) is 32.5 Å². The number of hydrogen-bond acceptors (Lipinski definition) is 7. The number of anilines is 1. The second-order valence-electron chi connectivity index (χ2n) is 8.14. The van der Waals surface area contributed by atoms with Crippen LogP contribution in [-0.4, -0.2) is 41.2 Å². The molecule has 1 aliphatic rings. The van der Waals surface area contributed by atoms with Crippen molar-refractivity contribution in [3.63, 3.8) is 0 Å². The smallest absolute Gasteiger partial charge is 0.253 e. The summed E-state index contributed by atoms with van der Waals surface area (Å²) in [5.41, 5.74) is 2.89. The molecule has 5 rings (SSSR count). The Kier molecular flexibility index (Phi) is 6.48. The molecule has 4 heterocycles. The van der Waals surface area contributed by atoms with E-state index in [0.717, 1.165) is 22.2 Å². The highest BCUT2D eigenvalue weighted by atomic mass is 32.2. The largest absolute Gasteiger partial charge is 0.282 e. The van der Waals surface area contributed by atoms with E-state index < -0.39 is 16.1 Å². The van der Waals surface area contributed by atoms with Crippen molar-refractivity contribution >= 4 is 54.0 Å². The number of thiophene rings is 1. The summed E-state index contributed by atoms with van der Waals surface area (Å²) in [4.78, 5) is 24.5. The molecule has 0 spiro atoms. The number of fused-ring (bicyclic) bond motifs is 1. The molecule has 0 aliphatic carbocycles. The SMILES string of the molecule is CCc1ccc2nc(N(Cc3cccnc3)C(=O)C3CCCN3S(=O)(=O)c3cccs3)sc2c1. The average molecular weight is 513 g/mol. The Bertz CT molecular complexity index is 1400. The molecule has 34 heavy (non-hydrogen) atoms. The molecular weight excluding hydrogens is 488 g/mol. The second kappa shape index (κ2) is 9.53. The zero-order valence-corrected chi connectivity index (χ0v) is 21.1. The van der Waals surface area contributed by atoms with Crippen LogP contribution < -0.4 is 4.90 Å². The fraction of sp³-hybridized carbons (Fsp3) is 0.292. The molecule has 1 fully saturated rings. The number of benzene rings is 1. The van der Waals surface area contributed by atoms with Gasteiger partial charge in [-0.25, -0.2) is 13.4 Å². The number of nitrogens with zero attached hydrogens (tertiary/aromatic N) is 4. The van der Waals surface area contributed by atoms with Gasteiger partial charge >= 0.3 is 0 Å². The highest BCUT2D eigenvalue weighted by Crippen LogP contribution is 2.34. The molecule has 0 bridgehead atoms. The van der Waals surface area contributed by atoms with Gasteiger partial charge in [0.1, 0.15) is 10.3 Å². The number of hydrogen-bond donors (Lipinski definition) is 0. The minimum Gasteiger partial charge on any atom is -0.282 e. The molecule has 0 saturated carbocycles. The van der Waals surface area contributed by atoms with Gasteiger partial charge < -0.3 is 0 Å². The number of sulfonamides is 1. The molecule has 0 N–H and O–H groups in total. The van der Waals surface area contributed by atoms with Crippen LogP contribution in [-0.2, 0) is 27.8 Å². The van der Waals surface area contributed by atoms with Crippen LogP contribution in [0.5, 0.6) is 0 Å². The van der Waals surface area contributed by atoms with Gasteiger partial charge in [-0.15, -0.1) is 11.3 Å². The van der Waals surface area contributed by atoms with Gasteiger partial charge in [-0.2, -0.15) is 4.31 Å². The predicted molar refractivity (Wildman–Crippen MR) is 136 cm³/mol. The first-order chi connectivity index (χ1) is 16.5. The van der Waals surface area contributed by atoms with Crippen LogP contribution in [0.4, 0.5) is 5.13 Å². The summed E-state index contributed by atoms with van der Waals surface area (Å²) in [7, 11) is -3.74. The lowest BCUT2D eigenvalue weighted by atomic mass is 10.2. The summed E-state index contributed by atoms with van der Waals surface area (Å²) in [5, 5.41) is 2.30. The number of amides is 1. The van der Waals surface area contributed by atoms with Crippen molar-refractivity contribution in [2.45, 2.75) is 43.0 Å². The second-order valence-corrected chi connectivity index (χ2v) is 12.2. The van der Waals surface area contributed by atoms with Crippen molar-refractivity contribution < 1.29 is 13.2 Å². The van der Waals surface area contributed by atoms with Crippen molar-refractivity contribution in [2.75, 3.05) is 11.4 Å². The lowest BCUT2D eigenvalue weighted by Gasteiger charge is -2.28. The number of carbonyl (C=O) groups excluding carboxylic acids is 1. The first kappa shape index (κ1) is 23.1. The van der Waals surface area contributed by atoms with Crippen LogP contribution in [0, 0.1) is 0 Å². The Hall–Kier alpha value is -2.66. The zero-order chi connectivity index (χ0) is 23.7. The molecule has 10 heteroatoms. The fourth-order valence-corrected chi connectivity index (χ4v) is 7.99. The standard InChI is InChI=1S/C24H24N4O3S3/c1-2-17-9-10-19-21(14-17)33-24(26-19)27(16-18-6-3-11-25-15-18)23(29)20-7-4-12-28(20)34(30,31)22-8-5-13-32-22/h3,5-6,8-11,13-15,20H,2,4,7,12,16H2,1H3. The van der Waals surface area contributed by atoms with Crippen molar-refractivity contribution in [1.82, 2.24) is 14.3 Å². The number of carbonyl (C=O) groups is 1. The lowest BCUT2D eigenvalue weighted by molar-refractivity contribution is -0.121. The Balaban J connectivity index is 1.53. The maximum absolute atomic E-state index is 13.9. The normalized spacial score (nSPS) is 16.8. The molecular formula is C24H24N4O3S3. The van der Waals surface area contributed by atoms with Crippen molar-refractivity contribution in [2.24, 2.45) is 0 Å². The highest BCUT2D eigenvalue weighted by molar-refractivity contribution is 7.91. The van der Waals surface area contributed by atoms with Crippen LogP contribution >= 0.6 is 22.7 Å². The minimum absolute atomic E-state index is 0.253. The molecule has 7 nitrogen and oxygen atoms in total. The number of pyridine rings is 1. The Morgan fingerprint density at radius 3 is 2.82 bits per heavy atom. The van der Waals surface area contributed by atoms with E-state index in [1.54, 1.807) is 34.8 Å². The molecule has 1 atom stereocenters. The zero-order valence-electron chi connectivity index (χ0n) is 18.6. The van der Waals surface area contributed by atoms with Gasteiger partial charge in [0.05, 0.1) is 16.8 Å². The van der Waals surface area contributed by atoms with E-state index in [9.17, 15) is 13.2 Å². The Morgan fingerprint density at radius 2 is 2.09 bits per heavy atom. The van der Waals surface area contributed by atoms with Crippen LogP contribution in [0.15, 0.2) is 64.4 Å². The van der Waals surface area contributed by atoms with Crippen LogP contribution in [0.25, 0.3) is 10.2 Å². The third kappa shape index (κ3) is 4.38. The first-order valence-electron chi connectivity index (χ1n) is 11.1. The van der Waals surface area contributed by atoms with Crippen molar-refractivity contribution in [3.8, 4) is 0 Å². The van der Waals surface area contributed by atoms with Crippen molar-refractivity contribution in [1.29, 1.82) is 0 Å². The van der Waals surface area contributed by atoms with E-state index in [1.807, 2.05) is 24.3 Å². The van der Waals surface area contributed by atoms with E-state index >= 15 is 0 Å². The number of thiazole rings is 1. The van der Waals surface area contributed by atoms with Gasteiger partial charge in [-0.3, -0.25) is 14.7 Å². The van der Waals surface area contributed by atoms with Crippen LogP contribution in [0.2, 0.25) is 0 Å². The number of aryl methyl sites for hydroxylation is 1. The number of aromatic nitrogens is 2. The van der Waals surface area contributed by atoms with E-state index in [-0.39, 0.29) is 16.7 Å².